The van der Waals surface area contributed by atoms with Crippen LogP contribution in [0.3, 0.4) is 0 Å². The maximum absolute atomic E-state index is 13.4. The van der Waals surface area contributed by atoms with Crippen LogP contribution < -0.4 is 4.74 Å². The van der Waals surface area contributed by atoms with Gasteiger partial charge in [-0.1, -0.05) is 52.0 Å². The Hall–Kier alpha value is -1.53. The van der Waals surface area contributed by atoms with Crippen LogP contribution in [0, 0.1) is 5.92 Å². The van der Waals surface area contributed by atoms with Crippen LogP contribution in [0.1, 0.15) is 25.3 Å². The van der Waals surface area contributed by atoms with E-state index in [1.165, 1.54) is 11.8 Å². The molecule has 4 rings (SSSR count). The highest BCUT2D eigenvalue weighted by Crippen LogP contribution is 2.53. The van der Waals surface area contributed by atoms with Gasteiger partial charge in [0.15, 0.2) is 10.7 Å². The van der Waals surface area contributed by atoms with E-state index in [0.717, 1.165) is 27.4 Å². The second-order valence-corrected chi connectivity index (χ2v) is 8.90. The van der Waals surface area contributed by atoms with E-state index in [1.807, 2.05) is 24.5 Å². The number of carbonyl (C=O) groups excluding carboxylic acids is 1. The van der Waals surface area contributed by atoms with Gasteiger partial charge in [-0.2, -0.15) is 0 Å². The number of aliphatic imine (C=N–C) groups is 1. The summed E-state index contributed by atoms with van der Waals surface area (Å²) in [6.07, 6.45) is 11.8. The van der Waals surface area contributed by atoms with Crippen molar-refractivity contribution in [3.8, 4) is 5.75 Å². The number of amidine groups is 1. The van der Waals surface area contributed by atoms with Crippen LogP contribution in [0.5, 0.6) is 5.75 Å². The molecule has 2 heterocycles. The molecule has 0 N–H and O–H groups in total. The Balaban J connectivity index is 1.89. The first-order chi connectivity index (χ1) is 12.4. The van der Waals surface area contributed by atoms with E-state index in [2.05, 4.69) is 47.2 Å². The lowest BCUT2D eigenvalue weighted by Crippen LogP contribution is -2.53. The summed E-state index contributed by atoms with van der Waals surface area (Å²) in [5.41, 5.74) is -0.579. The van der Waals surface area contributed by atoms with Crippen molar-refractivity contribution in [2.24, 2.45) is 10.9 Å². The standard InChI is InChI=1S/C20H21BrN2O2S/c1-19(13-7-5-4-6-8-13)12-20(17(24)23(2)18(22-20)26-3)15-11-14(21)9-10-16(15)25-19/h4-7,9-11,13H,8,12H2,1-3H3/t13?,19-,20+/m1/s1. The number of benzene rings is 1. The number of amides is 1. The van der Waals surface area contributed by atoms with Gasteiger partial charge in [-0.05, 0) is 37.8 Å². The van der Waals surface area contributed by atoms with E-state index in [4.69, 9.17) is 9.73 Å². The Morgan fingerprint density at radius 1 is 1.38 bits per heavy atom. The van der Waals surface area contributed by atoms with Gasteiger partial charge in [-0.25, -0.2) is 4.99 Å². The lowest BCUT2D eigenvalue weighted by Gasteiger charge is -2.46. The van der Waals surface area contributed by atoms with Crippen LogP contribution in [0.4, 0.5) is 0 Å². The number of halogens is 1. The van der Waals surface area contributed by atoms with E-state index < -0.39 is 11.1 Å². The fourth-order valence-corrected chi connectivity index (χ4v) is 5.13. The molecule has 1 spiro atoms. The van der Waals surface area contributed by atoms with Crippen molar-refractivity contribution in [1.82, 2.24) is 4.90 Å². The molecule has 1 aromatic rings. The number of nitrogens with zero attached hydrogens (tertiary/aromatic N) is 2. The van der Waals surface area contributed by atoms with Gasteiger partial charge in [0, 0.05) is 29.4 Å². The summed E-state index contributed by atoms with van der Waals surface area (Å²) in [5.74, 6) is 0.969. The van der Waals surface area contributed by atoms with Crippen molar-refractivity contribution in [3.63, 3.8) is 0 Å². The molecule has 1 aliphatic carbocycles. The number of thioether (sulfide) groups is 1. The Kier molecular flexibility index (Phi) is 4.31. The SMILES string of the molecule is CSC1=N[C@]2(C[C@](C)(C3C=CC=CC3)Oc3ccc(Br)cc32)C(=O)N1C. The first-order valence-corrected chi connectivity index (χ1v) is 10.7. The van der Waals surface area contributed by atoms with Crippen LogP contribution in [0.2, 0.25) is 0 Å². The normalized spacial score (nSPS) is 32.6. The zero-order chi connectivity index (χ0) is 18.5. The molecule has 6 heteroatoms. The number of hydrogen-bond acceptors (Lipinski definition) is 4. The summed E-state index contributed by atoms with van der Waals surface area (Å²) < 4.78 is 7.42. The minimum absolute atomic E-state index is 0.0195. The molecule has 3 aliphatic rings. The molecule has 136 valence electrons. The number of carbonyl (C=O) groups is 1. The van der Waals surface area contributed by atoms with Gasteiger partial charge in [0.2, 0.25) is 0 Å². The molecule has 1 amide bonds. The molecule has 2 aliphatic heterocycles. The maximum atomic E-state index is 13.4. The van der Waals surface area contributed by atoms with Gasteiger partial charge in [0.25, 0.3) is 5.91 Å². The van der Waals surface area contributed by atoms with Crippen molar-refractivity contribution in [3.05, 3.63) is 52.5 Å². The molecule has 0 saturated heterocycles. The highest BCUT2D eigenvalue weighted by Gasteiger charge is 2.58. The fraction of sp³-hybridized carbons (Fsp3) is 0.400. The van der Waals surface area contributed by atoms with Crippen molar-refractivity contribution >= 4 is 38.8 Å². The second kappa shape index (κ2) is 6.27. The number of likely N-dealkylation sites (N-methyl/N-ethyl adjacent to an activating group) is 1. The minimum Gasteiger partial charge on any atom is -0.486 e. The number of allylic oxidation sites excluding steroid dienone is 3. The topological polar surface area (TPSA) is 41.9 Å². The first-order valence-electron chi connectivity index (χ1n) is 8.64. The van der Waals surface area contributed by atoms with Crippen LogP contribution in [0.25, 0.3) is 0 Å². The van der Waals surface area contributed by atoms with E-state index in [1.54, 1.807) is 11.9 Å². The van der Waals surface area contributed by atoms with Crippen LogP contribution in [-0.4, -0.2) is 34.9 Å². The van der Waals surface area contributed by atoms with Crippen LogP contribution in [-0.2, 0) is 10.3 Å². The lowest BCUT2D eigenvalue weighted by molar-refractivity contribution is -0.134. The van der Waals surface area contributed by atoms with Gasteiger partial charge in [0.05, 0.1) is 0 Å². The molecule has 4 nitrogen and oxygen atoms in total. The van der Waals surface area contributed by atoms with Crippen LogP contribution in [0.15, 0.2) is 52.0 Å². The van der Waals surface area contributed by atoms with Crippen molar-refractivity contribution in [2.75, 3.05) is 13.3 Å². The van der Waals surface area contributed by atoms with Gasteiger partial charge in [-0.3, -0.25) is 9.69 Å². The number of fused-ring (bicyclic) bond motifs is 2. The average Bonchev–Trinajstić information content (AvgIpc) is 2.88. The van der Waals surface area contributed by atoms with Crippen molar-refractivity contribution < 1.29 is 9.53 Å². The summed E-state index contributed by atoms with van der Waals surface area (Å²) >= 11 is 5.04. The maximum Gasteiger partial charge on any atom is 0.261 e. The third-order valence-corrected chi connectivity index (χ3v) is 6.74. The van der Waals surface area contributed by atoms with Crippen molar-refractivity contribution in [1.29, 1.82) is 0 Å². The van der Waals surface area contributed by atoms with Crippen molar-refractivity contribution in [2.45, 2.75) is 30.9 Å². The number of hydrogen-bond donors (Lipinski definition) is 0. The lowest BCUT2D eigenvalue weighted by atomic mass is 9.70. The molecular formula is C20H21BrN2O2S. The highest BCUT2D eigenvalue weighted by atomic mass is 79.9. The van der Waals surface area contributed by atoms with Gasteiger partial charge >= 0.3 is 0 Å². The molecule has 0 aromatic heterocycles. The molecular weight excluding hydrogens is 412 g/mol. The predicted molar refractivity (Wildman–Crippen MR) is 110 cm³/mol. The largest absolute Gasteiger partial charge is 0.486 e. The smallest absolute Gasteiger partial charge is 0.261 e. The third-order valence-electron chi connectivity index (χ3n) is 5.52. The molecule has 1 aromatic carbocycles. The monoisotopic (exact) mass is 432 g/mol. The summed E-state index contributed by atoms with van der Waals surface area (Å²) in [4.78, 5) is 20.0. The summed E-state index contributed by atoms with van der Waals surface area (Å²) in [6.45, 7) is 2.10. The van der Waals surface area contributed by atoms with E-state index >= 15 is 0 Å². The van der Waals surface area contributed by atoms with Crippen LogP contribution >= 0.6 is 27.7 Å². The molecule has 26 heavy (non-hydrogen) atoms. The summed E-state index contributed by atoms with van der Waals surface area (Å²) in [6, 6.07) is 5.88. The fourth-order valence-electron chi connectivity index (χ4n) is 4.17. The Morgan fingerprint density at radius 3 is 2.85 bits per heavy atom. The first kappa shape index (κ1) is 17.9. The Bertz CT molecular complexity index is 865. The summed E-state index contributed by atoms with van der Waals surface area (Å²) in [5, 5.41) is 0.754. The van der Waals surface area contributed by atoms with Gasteiger partial charge in [-0.15, -0.1) is 0 Å². The predicted octanol–water partition coefficient (Wildman–Crippen LogP) is 4.51. The minimum atomic E-state index is -0.922. The molecule has 3 atom stereocenters. The Labute approximate surface area is 166 Å². The Morgan fingerprint density at radius 2 is 2.19 bits per heavy atom. The zero-order valence-corrected chi connectivity index (χ0v) is 17.4. The highest BCUT2D eigenvalue weighted by molar-refractivity contribution is 9.10. The molecule has 0 radical (unpaired) electrons. The quantitative estimate of drug-likeness (QED) is 0.655. The molecule has 1 unspecified atom stereocenters. The summed E-state index contributed by atoms with van der Waals surface area (Å²) in [7, 11) is 1.81. The second-order valence-electron chi connectivity index (χ2n) is 7.21. The number of rotatable bonds is 1. The van der Waals surface area contributed by atoms with Gasteiger partial charge < -0.3 is 4.74 Å². The zero-order valence-electron chi connectivity index (χ0n) is 15.0. The van der Waals surface area contributed by atoms with Gasteiger partial charge in [0.1, 0.15) is 11.4 Å². The average molecular weight is 433 g/mol. The third kappa shape index (κ3) is 2.57. The molecule has 0 saturated carbocycles. The number of ether oxygens (including phenoxy) is 1. The van der Waals surface area contributed by atoms with E-state index in [-0.39, 0.29) is 11.8 Å². The van der Waals surface area contributed by atoms with E-state index in [0.29, 0.717) is 6.42 Å². The molecule has 0 bridgehead atoms. The van der Waals surface area contributed by atoms with E-state index in [9.17, 15) is 4.79 Å². The molecule has 0 fully saturated rings.